The van der Waals surface area contributed by atoms with Crippen LogP contribution in [0.15, 0.2) is 43.1 Å². The minimum atomic E-state index is 0.285. The first-order valence-electron chi connectivity index (χ1n) is 5.36. The zero-order chi connectivity index (χ0) is 11.4. The molecule has 1 N–H and O–H groups in total. The molecular formula is C13H15N3. The van der Waals surface area contributed by atoms with Crippen molar-refractivity contribution < 1.29 is 0 Å². The number of nitrogens with one attached hydrogen (secondary N) is 1. The Bertz CT molecular complexity index is 493. The Morgan fingerprint density at radius 3 is 2.88 bits per heavy atom. The van der Waals surface area contributed by atoms with Gasteiger partial charge in [0.25, 0.3) is 0 Å². The normalized spacial score (nSPS) is 12.6. The van der Waals surface area contributed by atoms with E-state index < -0.39 is 0 Å². The fraction of sp³-hybridized carbons (Fsp3) is 0.231. The van der Waals surface area contributed by atoms with E-state index in [0.29, 0.717) is 6.54 Å². The highest BCUT2D eigenvalue weighted by molar-refractivity contribution is 5.73. The highest BCUT2D eigenvalue weighted by atomic mass is 14.9. The second-order valence-corrected chi connectivity index (χ2v) is 3.76. The molecule has 0 aliphatic heterocycles. The molecule has 1 aromatic carbocycles. The molecule has 1 atom stereocenters. The minimum absolute atomic E-state index is 0.285. The van der Waals surface area contributed by atoms with Gasteiger partial charge in [-0.15, -0.1) is 6.58 Å². The van der Waals surface area contributed by atoms with E-state index in [1.54, 1.807) is 0 Å². The van der Waals surface area contributed by atoms with Crippen LogP contribution < -0.4 is 5.32 Å². The fourth-order valence-electron chi connectivity index (χ4n) is 1.43. The molecule has 16 heavy (non-hydrogen) atoms. The smallest absolute Gasteiger partial charge is 0.0890 e. The predicted octanol–water partition coefficient (Wildman–Crippen LogP) is 2.29. The maximum atomic E-state index is 4.52. The molecule has 0 amide bonds. The summed E-state index contributed by atoms with van der Waals surface area (Å²) in [7, 11) is 0. The molecule has 0 aliphatic rings. The molecule has 2 aromatic rings. The van der Waals surface area contributed by atoms with Crippen molar-refractivity contribution in [2.45, 2.75) is 19.5 Å². The number of benzene rings is 1. The molecule has 3 heteroatoms. The summed E-state index contributed by atoms with van der Waals surface area (Å²) in [6.45, 7) is 6.49. The lowest BCUT2D eigenvalue weighted by Gasteiger charge is -2.08. The first-order valence-corrected chi connectivity index (χ1v) is 5.36. The Balaban J connectivity index is 2.16. The molecular weight excluding hydrogens is 198 g/mol. The van der Waals surface area contributed by atoms with Gasteiger partial charge in [-0.3, -0.25) is 4.98 Å². The van der Waals surface area contributed by atoms with Crippen LogP contribution in [0.1, 0.15) is 12.6 Å². The number of para-hydroxylation sites is 2. The van der Waals surface area contributed by atoms with E-state index in [-0.39, 0.29) is 6.04 Å². The third kappa shape index (κ3) is 2.44. The van der Waals surface area contributed by atoms with Gasteiger partial charge in [0, 0.05) is 12.6 Å². The average Bonchev–Trinajstić information content (AvgIpc) is 2.35. The standard InChI is InChI=1S/C13H15N3/c1-3-10(2)14-8-11-9-15-12-6-4-5-7-13(12)16-11/h3-7,9-10,14H,1,8H2,2H3. The summed E-state index contributed by atoms with van der Waals surface area (Å²) in [5.74, 6) is 0. The van der Waals surface area contributed by atoms with Gasteiger partial charge in [0.1, 0.15) is 0 Å². The van der Waals surface area contributed by atoms with E-state index in [4.69, 9.17) is 0 Å². The molecule has 3 nitrogen and oxygen atoms in total. The lowest BCUT2D eigenvalue weighted by Crippen LogP contribution is -2.23. The van der Waals surface area contributed by atoms with E-state index in [1.165, 1.54) is 0 Å². The third-order valence-electron chi connectivity index (χ3n) is 2.46. The summed E-state index contributed by atoms with van der Waals surface area (Å²) in [4.78, 5) is 8.88. The van der Waals surface area contributed by atoms with Gasteiger partial charge in [-0.2, -0.15) is 0 Å². The zero-order valence-corrected chi connectivity index (χ0v) is 9.35. The zero-order valence-electron chi connectivity index (χ0n) is 9.35. The van der Waals surface area contributed by atoms with E-state index >= 15 is 0 Å². The molecule has 2 rings (SSSR count). The topological polar surface area (TPSA) is 37.8 Å². The van der Waals surface area contributed by atoms with Gasteiger partial charge in [-0.05, 0) is 19.1 Å². The van der Waals surface area contributed by atoms with Crippen LogP contribution >= 0.6 is 0 Å². The van der Waals surface area contributed by atoms with Crippen LogP contribution in [0.5, 0.6) is 0 Å². The number of hydrogen-bond acceptors (Lipinski definition) is 3. The first-order chi connectivity index (χ1) is 7.79. The lowest BCUT2D eigenvalue weighted by molar-refractivity contribution is 0.624. The molecule has 1 heterocycles. The molecule has 1 unspecified atom stereocenters. The minimum Gasteiger partial charge on any atom is -0.305 e. The molecule has 0 saturated heterocycles. The van der Waals surface area contributed by atoms with E-state index in [2.05, 4.69) is 28.8 Å². The van der Waals surface area contributed by atoms with Crippen LogP contribution in [-0.4, -0.2) is 16.0 Å². The van der Waals surface area contributed by atoms with Crippen LogP contribution in [0, 0.1) is 0 Å². The lowest BCUT2D eigenvalue weighted by atomic mass is 10.3. The Morgan fingerprint density at radius 1 is 1.38 bits per heavy atom. The van der Waals surface area contributed by atoms with E-state index in [0.717, 1.165) is 16.7 Å². The summed E-state index contributed by atoms with van der Waals surface area (Å²) in [5, 5.41) is 3.29. The molecule has 82 valence electrons. The van der Waals surface area contributed by atoms with Crippen LogP contribution in [0.2, 0.25) is 0 Å². The van der Waals surface area contributed by atoms with Crippen molar-refractivity contribution in [1.29, 1.82) is 0 Å². The third-order valence-corrected chi connectivity index (χ3v) is 2.46. The number of hydrogen-bond donors (Lipinski definition) is 1. The fourth-order valence-corrected chi connectivity index (χ4v) is 1.43. The number of rotatable bonds is 4. The largest absolute Gasteiger partial charge is 0.305 e. The summed E-state index contributed by atoms with van der Waals surface area (Å²) in [5.41, 5.74) is 2.82. The highest BCUT2D eigenvalue weighted by Crippen LogP contribution is 2.08. The van der Waals surface area contributed by atoms with Crippen LogP contribution in [0.25, 0.3) is 11.0 Å². The first kappa shape index (κ1) is 10.8. The van der Waals surface area contributed by atoms with Crippen molar-refractivity contribution in [3.63, 3.8) is 0 Å². The summed E-state index contributed by atoms with van der Waals surface area (Å²) in [6, 6.07) is 8.16. The van der Waals surface area contributed by atoms with Gasteiger partial charge in [-0.25, -0.2) is 4.98 Å². The Hall–Kier alpha value is -1.74. The molecule has 0 aliphatic carbocycles. The predicted molar refractivity (Wildman–Crippen MR) is 66.0 cm³/mol. The summed E-state index contributed by atoms with van der Waals surface area (Å²) >= 11 is 0. The Kier molecular flexibility index (Phi) is 3.27. The molecule has 0 bridgehead atoms. The van der Waals surface area contributed by atoms with Gasteiger partial charge in [0.15, 0.2) is 0 Å². The van der Waals surface area contributed by atoms with Gasteiger partial charge < -0.3 is 5.32 Å². The van der Waals surface area contributed by atoms with Gasteiger partial charge in [-0.1, -0.05) is 18.2 Å². The molecule has 0 spiro atoms. The average molecular weight is 213 g/mol. The van der Waals surface area contributed by atoms with E-state index in [9.17, 15) is 0 Å². The van der Waals surface area contributed by atoms with Crippen molar-refractivity contribution in [2.24, 2.45) is 0 Å². The van der Waals surface area contributed by atoms with Gasteiger partial charge >= 0.3 is 0 Å². The molecule has 0 fully saturated rings. The monoisotopic (exact) mass is 213 g/mol. The van der Waals surface area contributed by atoms with Crippen molar-refractivity contribution in [3.8, 4) is 0 Å². The second kappa shape index (κ2) is 4.86. The SMILES string of the molecule is C=CC(C)NCc1cnc2ccccc2n1. The van der Waals surface area contributed by atoms with Crippen LogP contribution in [0.3, 0.4) is 0 Å². The van der Waals surface area contributed by atoms with Crippen molar-refractivity contribution in [1.82, 2.24) is 15.3 Å². The van der Waals surface area contributed by atoms with Crippen molar-refractivity contribution in [3.05, 3.63) is 48.8 Å². The van der Waals surface area contributed by atoms with Crippen molar-refractivity contribution >= 4 is 11.0 Å². The number of nitrogens with zero attached hydrogens (tertiary/aromatic N) is 2. The molecule has 0 radical (unpaired) electrons. The summed E-state index contributed by atoms with van der Waals surface area (Å²) < 4.78 is 0. The van der Waals surface area contributed by atoms with Gasteiger partial charge in [0.2, 0.25) is 0 Å². The van der Waals surface area contributed by atoms with E-state index in [1.807, 2.05) is 36.5 Å². The number of aromatic nitrogens is 2. The second-order valence-electron chi connectivity index (χ2n) is 3.76. The number of fused-ring (bicyclic) bond motifs is 1. The Morgan fingerprint density at radius 2 is 2.12 bits per heavy atom. The van der Waals surface area contributed by atoms with Crippen molar-refractivity contribution in [2.75, 3.05) is 0 Å². The quantitative estimate of drug-likeness (QED) is 0.792. The molecule has 0 saturated carbocycles. The Labute approximate surface area is 95.2 Å². The highest BCUT2D eigenvalue weighted by Gasteiger charge is 2.00. The van der Waals surface area contributed by atoms with Gasteiger partial charge in [0.05, 0.1) is 22.9 Å². The maximum Gasteiger partial charge on any atom is 0.0890 e. The summed E-state index contributed by atoms with van der Waals surface area (Å²) in [6.07, 6.45) is 3.68. The van der Waals surface area contributed by atoms with Crippen LogP contribution in [0.4, 0.5) is 0 Å². The van der Waals surface area contributed by atoms with Crippen LogP contribution in [-0.2, 0) is 6.54 Å². The maximum absolute atomic E-state index is 4.52. The molecule has 1 aromatic heterocycles.